The maximum atomic E-state index is 13.0. The van der Waals surface area contributed by atoms with Crippen LogP contribution in [0.5, 0.6) is 11.5 Å². The molecule has 0 aromatic heterocycles. The fourth-order valence-corrected chi connectivity index (χ4v) is 6.11. The molecule has 172 valence electrons. The Morgan fingerprint density at radius 1 is 1.10 bits per heavy atom. The van der Waals surface area contributed by atoms with Crippen LogP contribution in [0.3, 0.4) is 0 Å². The molecule has 1 saturated heterocycles. The zero-order chi connectivity index (χ0) is 21.8. The number of piperidine rings is 1. The third kappa shape index (κ3) is 4.85. The lowest BCUT2D eigenvalue weighted by atomic mass is 9.66. The summed E-state index contributed by atoms with van der Waals surface area (Å²) >= 11 is 0. The van der Waals surface area contributed by atoms with Crippen molar-refractivity contribution in [2.75, 3.05) is 27.3 Å². The second kappa shape index (κ2) is 9.78. The third-order valence-electron chi connectivity index (χ3n) is 7.74. The second-order valence-corrected chi connectivity index (χ2v) is 9.63. The van der Waals surface area contributed by atoms with Gasteiger partial charge in [0.2, 0.25) is 5.91 Å². The number of hydrogen-bond donors (Lipinski definition) is 2. The molecule has 2 aliphatic carbocycles. The van der Waals surface area contributed by atoms with Crippen LogP contribution in [0.15, 0.2) is 18.2 Å². The number of aliphatic hydroxyl groups is 1. The molecular weight excluding hydrogens is 392 g/mol. The number of nitrogens with zero attached hydrogens (tertiary/aromatic N) is 1. The fourth-order valence-electron chi connectivity index (χ4n) is 6.11. The molecule has 2 saturated carbocycles. The first-order valence-electron chi connectivity index (χ1n) is 12.0. The molecule has 1 amide bonds. The van der Waals surface area contributed by atoms with Crippen LogP contribution in [0.1, 0.15) is 75.8 Å². The van der Waals surface area contributed by atoms with Gasteiger partial charge in [-0.15, -0.1) is 0 Å². The maximum absolute atomic E-state index is 13.0. The molecule has 2 N–H and O–H groups in total. The van der Waals surface area contributed by atoms with Gasteiger partial charge in [-0.25, -0.2) is 0 Å². The fraction of sp³-hybridized carbons (Fsp3) is 0.720. The van der Waals surface area contributed by atoms with E-state index in [0.717, 1.165) is 62.0 Å². The zero-order valence-corrected chi connectivity index (χ0v) is 19.1. The Kier molecular flexibility index (Phi) is 7.07. The van der Waals surface area contributed by atoms with Crippen molar-refractivity contribution in [3.63, 3.8) is 0 Å². The van der Waals surface area contributed by atoms with Gasteiger partial charge < -0.3 is 19.9 Å². The summed E-state index contributed by atoms with van der Waals surface area (Å²) in [6.45, 7) is 1.06. The molecule has 3 fully saturated rings. The molecule has 0 unspecified atom stereocenters. The van der Waals surface area contributed by atoms with E-state index in [1.807, 2.05) is 18.2 Å². The number of carbonyl (C=O) groups is 1. The van der Waals surface area contributed by atoms with Crippen LogP contribution < -0.4 is 14.8 Å². The molecule has 6 heteroatoms. The molecule has 0 spiro atoms. The van der Waals surface area contributed by atoms with E-state index in [2.05, 4.69) is 10.2 Å². The molecule has 0 bridgehead atoms. The number of nitrogens with one attached hydrogen (secondary N) is 1. The lowest BCUT2D eigenvalue weighted by Gasteiger charge is -2.52. The predicted octanol–water partition coefficient (Wildman–Crippen LogP) is 3.82. The minimum atomic E-state index is -0.673. The predicted molar refractivity (Wildman–Crippen MR) is 120 cm³/mol. The van der Waals surface area contributed by atoms with Crippen LogP contribution in [0, 0.1) is 5.92 Å². The average molecular weight is 431 g/mol. The van der Waals surface area contributed by atoms with Gasteiger partial charge in [-0.1, -0.05) is 32.1 Å². The van der Waals surface area contributed by atoms with Gasteiger partial charge in [0.05, 0.1) is 26.4 Å². The van der Waals surface area contributed by atoms with Crippen LogP contribution in [0.25, 0.3) is 0 Å². The molecule has 0 radical (unpaired) electrons. The lowest BCUT2D eigenvalue weighted by Crippen LogP contribution is -2.56. The molecular formula is C25H38N2O4. The summed E-state index contributed by atoms with van der Waals surface area (Å²) in [5.74, 6) is 1.74. The molecule has 1 aromatic rings. The summed E-state index contributed by atoms with van der Waals surface area (Å²) in [7, 11) is 3.35. The van der Waals surface area contributed by atoms with Crippen molar-refractivity contribution in [2.45, 2.75) is 81.9 Å². The molecule has 1 aliphatic heterocycles. The highest BCUT2D eigenvalue weighted by Crippen LogP contribution is 2.51. The number of benzene rings is 1. The Bertz CT molecular complexity index is 764. The number of hydrogen-bond acceptors (Lipinski definition) is 5. The number of carbonyl (C=O) groups excluding carboxylic acids is 1. The van der Waals surface area contributed by atoms with Crippen molar-refractivity contribution in [3.05, 3.63) is 23.8 Å². The quantitative estimate of drug-likeness (QED) is 0.718. The summed E-state index contributed by atoms with van der Waals surface area (Å²) < 4.78 is 11.2. The molecule has 1 heterocycles. The Morgan fingerprint density at radius 3 is 2.61 bits per heavy atom. The van der Waals surface area contributed by atoms with Crippen LogP contribution >= 0.6 is 0 Å². The van der Waals surface area contributed by atoms with E-state index in [1.165, 1.54) is 19.3 Å². The van der Waals surface area contributed by atoms with Crippen LogP contribution in [0.4, 0.5) is 0 Å². The number of methoxy groups -OCH3 is 2. The molecule has 3 atom stereocenters. The van der Waals surface area contributed by atoms with Crippen LogP contribution in [-0.2, 0) is 4.79 Å². The van der Waals surface area contributed by atoms with E-state index in [9.17, 15) is 9.90 Å². The minimum absolute atomic E-state index is 0.0683. The Labute approximate surface area is 186 Å². The number of amides is 1. The van der Waals surface area contributed by atoms with E-state index < -0.39 is 5.60 Å². The number of ether oxygens (including phenoxy) is 2. The Balaban J connectivity index is 1.61. The van der Waals surface area contributed by atoms with Gasteiger partial charge in [0.25, 0.3) is 0 Å². The van der Waals surface area contributed by atoms with E-state index in [4.69, 9.17) is 9.47 Å². The topological polar surface area (TPSA) is 71.0 Å². The van der Waals surface area contributed by atoms with Crippen molar-refractivity contribution >= 4 is 5.91 Å². The molecule has 31 heavy (non-hydrogen) atoms. The molecule has 6 nitrogen and oxygen atoms in total. The smallest absolute Gasteiger partial charge is 0.234 e. The largest absolute Gasteiger partial charge is 0.497 e. The summed E-state index contributed by atoms with van der Waals surface area (Å²) in [5, 5.41) is 14.8. The van der Waals surface area contributed by atoms with Crippen LogP contribution in [-0.4, -0.2) is 54.9 Å². The summed E-state index contributed by atoms with van der Waals surface area (Å²) in [4.78, 5) is 15.3. The van der Waals surface area contributed by atoms with Gasteiger partial charge >= 0.3 is 0 Å². The Hall–Kier alpha value is -1.79. The third-order valence-corrected chi connectivity index (χ3v) is 7.74. The minimum Gasteiger partial charge on any atom is -0.497 e. The molecule has 1 aromatic carbocycles. The van der Waals surface area contributed by atoms with E-state index in [0.29, 0.717) is 19.1 Å². The zero-order valence-electron chi connectivity index (χ0n) is 19.1. The number of likely N-dealkylation sites (tertiary alicyclic amines) is 1. The number of fused-ring (bicyclic) bond motifs is 1. The van der Waals surface area contributed by atoms with Crippen molar-refractivity contribution in [3.8, 4) is 11.5 Å². The first-order valence-corrected chi connectivity index (χ1v) is 12.0. The maximum Gasteiger partial charge on any atom is 0.234 e. The number of rotatable bonds is 6. The van der Waals surface area contributed by atoms with Crippen molar-refractivity contribution < 1.29 is 19.4 Å². The SMILES string of the molecule is COc1ccc(OC)c([C@@H]2[C@H]3CCCC[C@@]3(O)CCN2CC(=O)NC2CCCCC2)c1. The van der Waals surface area contributed by atoms with E-state index >= 15 is 0 Å². The van der Waals surface area contributed by atoms with Crippen molar-refractivity contribution in [1.29, 1.82) is 0 Å². The highest BCUT2D eigenvalue weighted by atomic mass is 16.5. The monoisotopic (exact) mass is 430 g/mol. The van der Waals surface area contributed by atoms with Crippen molar-refractivity contribution in [1.82, 2.24) is 10.2 Å². The Morgan fingerprint density at radius 2 is 1.87 bits per heavy atom. The molecule has 4 rings (SSSR count). The first kappa shape index (κ1) is 22.4. The van der Waals surface area contributed by atoms with E-state index in [-0.39, 0.29) is 17.9 Å². The summed E-state index contributed by atoms with van der Waals surface area (Å²) in [6.07, 6.45) is 10.5. The summed E-state index contributed by atoms with van der Waals surface area (Å²) in [5.41, 5.74) is 0.338. The van der Waals surface area contributed by atoms with Crippen molar-refractivity contribution in [2.24, 2.45) is 5.92 Å². The van der Waals surface area contributed by atoms with Gasteiger partial charge in [-0.3, -0.25) is 9.69 Å². The van der Waals surface area contributed by atoms with Gasteiger partial charge in [0.1, 0.15) is 11.5 Å². The van der Waals surface area contributed by atoms with Crippen LogP contribution in [0.2, 0.25) is 0 Å². The average Bonchev–Trinajstić information content (AvgIpc) is 2.79. The molecule has 3 aliphatic rings. The first-order chi connectivity index (χ1) is 15.0. The highest BCUT2D eigenvalue weighted by Gasteiger charge is 2.50. The van der Waals surface area contributed by atoms with E-state index in [1.54, 1.807) is 14.2 Å². The normalized spacial score (nSPS) is 29.8. The van der Waals surface area contributed by atoms with Gasteiger partial charge in [0, 0.05) is 30.1 Å². The van der Waals surface area contributed by atoms with Gasteiger partial charge in [-0.2, -0.15) is 0 Å². The van der Waals surface area contributed by atoms with Gasteiger partial charge in [-0.05, 0) is 50.3 Å². The highest BCUT2D eigenvalue weighted by molar-refractivity contribution is 5.78. The standard InChI is InChI=1S/C25H38N2O4/c1-30-19-11-12-22(31-2)20(16-19)24-21-10-6-7-13-25(21,29)14-15-27(24)17-23(28)26-18-8-4-3-5-9-18/h11-12,16,18,21,24,29H,3-10,13-15,17H2,1-2H3,(H,26,28)/t21-,24-,25-/m1/s1. The lowest BCUT2D eigenvalue weighted by molar-refractivity contribution is -0.138. The summed E-state index contributed by atoms with van der Waals surface area (Å²) in [6, 6.07) is 6.10. The second-order valence-electron chi connectivity index (χ2n) is 9.63. The van der Waals surface area contributed by atoms with Gasteiger partial charge in [0.15, 0.2) is 0 Å².